The number of fused-ring (bicyclic) bond motifs is 1. The molecule has 0 radical (unpaired) electrons. The molecule has 0 aliphatic rings. The first-order valence-electron chi connectivity index (χ1n) is 10.6. The topological polar surface area (TPSA) is 84.0 Å². The summed E-state index contributed by atoms with van der Waals surface area (Å²) in [5.74, 6) is -0.288. The number of halogens is 3. The number of hydrogen-bond acceptors (Lipinski definition) is 6. The highest BCUT2D eigenvalue weighted by molar-refractivity contribution is 7.95. The highest BCUT2D eigenvalue weighted by Crippen LogP contribution is 2.40. The van der Waals surface area contributed by atoms with Crippen molar-refractivity contribution in [3.8, 4) is 5.75 Å². The largest absolute Gasteiger partial charge is 0.495 e. The van der Waals surface area contributed by atoms with Crippen LogP contribution in [0.1, 0.15) is 5.56 Å². The highest BCUT2D eigenvalue weighted by Gasteiger charge is 2.35. The molecule has 1 aromatic heterocycles. The molecule has 4 rings (SSSR count). The van der Waals surface area contributed by atoms with Gasteiger partial charge in [-0.25, -0.2) is 16.8 Å². The van der Waals surface area contributed by atoms with Crippen molar-refractivity contribution >= 4 is 52.8 Å². The number of para-hydroxylation sites is 2. The van der Waals surface area contributed by atoms with Gasteiger partial charge in [-0.1, -0.05) is 30.3 Å². The third kappa shape index (κ3) is 4.86. The van der Waals surface area contributed by atoms with E-state index in [0.717, 1.165) is 56.3 Å². The first kappa shape index (κ1) is 26.8. The van der Waals surface area contributed by atoms with Gasteiger partial charge >= 0.3 is 6.18 Å². The molecular formula is C24H21F3N2O5S3. The van der Waals surface area contributed by atoms with Crippen molar-refractivity contribution in [1.82, 2.24) is 0 Å². The molecular weight excluding hydrogens is 549 g/mol. The second kappa shape index (κ2) is 9.54. The molecule has 0 saturated heterocycles. The van der Waals surface area contributed by atoms with Crippen LogP contribution in [0.2, 0.25) is 0 Å². The summed E-state index contributed by atoms with van der Waals surface area (Å²) in [5, 5.41) is 0.740. The number of methoxy groups -OCH3 is 1. The Bertz CT molecular complexity index is 1650. The number of hydrogen-bond donors (Lipinski definition) is 0. The monoisotopic (exact) mass is 570 g/mol. The Kier molecular flexibility index (Phi) is 6.90. The highest BCUT2D eigenvalue weighted by atomic mass is 32.2. The number of sulfonamides is 2. The van der Waals surface area contributed by atoms with E-state index in [-0.39, 0.29) is 21.3 Å². The van der Waals surface area contributed by atoms with E-state index >= 15 is 0 Å². The average Bonchev–Trinajstić information content (AvgIpc) is 3.32. The predicted molar refractivity (Wildman–Crippen MR) is 137 cm³/mol. The fourth-order valence-corrected chi connectivity index (χ4v) is 7.85. The maximum absolute atomic E-state index is 13.5. The zero-order chi connectivity index (χ0) is 27.2. The molecule has 0 saturated carbocycles. The normalized spacial score (nSPS) is 12.5. The lowest BCUT2D eigenvalue weighted by Gasteiger charge is -2.27. The fraction of sp³-hybridized carbons (Fsp3) is 0.167. The van der Waals surface area contributed by atoms with Crippen molar-refractivity contribution in [1.29, 1.82) is 0 Å². The summed E-state index contributed by atoms with van der Waals surface area (Å²) in [7, 11) is -5.16. The number of ether oxygens (including phenoxy) is 1. The smallest absolute Gasteiger partial charge is 0.416 e. The van der Waals surface area contributed by atoms with Gasteiger partial charge in [0.2, 0.25) is 0 Å². The van der Waals surface area contributed by atoms with Crippen LogP contribution >= 0.6 is 11.3 Å². The van der Waals surface area contributed by atoms with Gasteiger partial charge in [-0.2, -0.15) is 13.2 Å². The van der Waals surface area contributed by atoms with E-state index in [9.17, 15) is 30.0 Å². The van der Waals surface area contributed by atoms with Gasteiger partial charge in [-0.15, -0.1) is 11.3 Å². The van der Waals surface area contributed by atoms with Gasteiger partial charge in [0.15, 0.2) is 0 Å². The van der Waals surface area contributed by atoms with Crippen LogP contribution in [-0.4, -0.2) is 38.0 Å². The average molecular weight is 571 g/mol. The minimum Gasteiger partial charge on any atom is -0.495 e. The number of thiophene rings is 1. The number of benzene rings is 3. The molecule has 0 fully saturated rings. The van der Waals surface area contributed by atoms with Gasteiger partial charge in [0, 0.05) is 18.8 Å². The Labute approximate surface area is 216 Å². The van der Waals surface area contributed by atoms with E-state index in [1.807, 2.05) is 0 Å². The standard InChI is InChI=1S/C24H21F3N2O5S3/c1-28(36(30,31)22-15-17(24(25,26)27)12-13-20(22)34-3)18-9-5-6-10-19(18)29(2)37(32,33)23-14-16-8-4-7-11-21(16)35-23/h4-15H,1-3H3. The van der Waals surface area contributed by atoms with Crippen LogP contribution in [0.4, 0.5) is 24.5 Å². The van der Waals surface area contributed by atoms with Gasteiger partial charge in [-0.05, 0) is 47.9 Å². The van der Waals surface area contributed by atoms with Crippen LogP contribution in [0.5, 0.6) is 5.75 Å². The molecule has 0 unspecified atom stereocenters. The molecule has 13 heteroatoms. The quantitative estimate of drug-likeness (QED) is 0.290. The Morgan fingerprint density at radius 3 is 1.92 bits per heavy atom. The molecule has 4 aromatic rings. The van der Waals surface area contributed by atoms with E-state index in [2.05, 4.69) is 0 Å². The zero-order valence-electron chi connectivity index (χ0n) is 19.7. The second-order valence-corrected chi connectivity index (χ2v) is 13.1. The lowest BCUT2D eigenvalue weighted by Crippen LogP contribution is -2.31. The van der Waals surface area contributed by atoms with E-state index in [1.54, 1.807) is 24.3 Å². The second-order valence-electron chi connectivity index (χ2n) is 7.90. The molecule has 0 N–H and O–H groups in total. The van der Waals surface area contributed by atoms with Crippen LogP contribution < -0.4 is 13.3 Å². The van der Waals surface area contributed by atoms with Crippen LogP contribution in [0, 0.1) is 0 Å². The summed E-state index contributed by atoms with van der Waals surface area (Å²) in [5.41, 5.74) is -1.22. The molecule has 0 spiro atoms. The summed E-state index contributed by atoms with van der Waals surface area (Å²) in [6.07, 6.45) is -4.79. The minimum atomic E-state index is -4.79. The van der Waals surface area contributed by atoms with Crippen molar-refractivity contribution in [3.63, 3.8) is 0 Å². The van der Waals surface area contributed by atoms with E-state index in [0.29, 0.717) is 6.07 Å². The van der Waals surface area contributed by atoms with E-state index < -0.39 is 36.7 Å². The molecule has 3 aromatic carbocycles. The first-order chi connectivity index (χ1) is 17.3. The summed E-state index contributed by atoms with van der Waals surface area (Å²) >= 11 is 1.07. The summed E-state index contributed by atoms with van der Waals surface area (Å²) in [6, 6.07) is 16.6. The van der Waals surface area contributed by atoms with Crippen molar-refractivity contribution in [2.45, 2.75) is 15.3 Å². The first-order valence-corrected chi connectivity index (χ1v) is 14.3. The summed E-state index contributed by atoms with van der Waals surface area (Å²) < 4.78 is 102. The Morgan fingerprint density at radius 1 is 0.784 bits per heavy atom. The molecule has 0 bridgehead atoms. The van der Waals surface area contributed by atoms with Crippen molar-refractivity contribution in [3.05, 3.63) is 78.4 Å². The SMILES string of the molecule is COc1ccc(C(F)(F)F)cc1S(=O)(=O)N(C)c1ccccc1N(C)S(=O)(=O)c1cc2ccccc2s1. The maximum atomic E-state index is 13.5. The maximum Gasteiger partial charge on any atom is 0.416 e. The van der Waals surface area contributed by atoms with Crippen molar-refractivity contribution in [2.24, 2.45) is 0 Å². The van der Waals surface area contributed by atoms with Crippen LogP contribution in [0.3, 0.4) is 0 Å². The van der Waals surface area contributed by atoms with Gasteiger partial charge < -0.3 is 4.74 Å². The Balaban J connectivity index is 1.80. The molecule has 7 nitrogen and oxygen atoms in total. The van der Waals surface area contributed by atoms with Crippen LogP contribution in [0.25, 0.3) is 10.1 Å². The van der Waals surface area contributed by atoms with Gasteiger partial charge in [0.05, 0.1) is 24.0 Å². The van der Waals surface area contributed by atoms with Crippen molar-refractivity contribution < 1.29 is 34.7 Å². The van der Waals surface area contributed by atoms with Crippen LogP contribution in [0.15, 0.2) is 81.9 Å². The van der Waals surface area contributed by atoms with E-state index in [1.165, 1.54) is 37.4 Å². The minimum absolute atomic E-state index is 0.0111. The zero-order valence-corrected chi connectivity index (χ0v) is 22.2. The predicted octanol–water partition coefficient (Wildman–Crippen LogP) is 5.58. The fourth-order valence-electron chi connectivity index (χ4n) is 3.68. The van der Waals surface area contributed by atoms with Crippen molar-refractivity contribution in [2.75, 3.05) is 29.8 Å². The molecule has 0 atom stereocenters. The van der Waals surface area contributed by atoms with Crippen LogP contribution in [-0.2, 0) is 26.2 Å². The number of nitrogens with zero attached hydrogens (tertiary/aromatic N) is 2. The molecule has 37 heavy (non-hydrogen) atoms. The molecule has 0 aliphatic heterocycles. The number of alkyl halides is 3. The third-order valence-electron chi connectivity index (χ3n) is 5.71. The Morgan fingerprint density at radius 2 is 1.35 bits per heavy atom. The third-order valence-corrected chi connectivity index (χ3v) is 10.8. The van der Waals surface area contributed by atoms with Gasteiger partial charge in [0.1, 0.15) is 14.9 Å². The lowest BCUT2D eigenvalue weighted by molar-refractivity contribution is -0.137. The number of rotatable bonds is 7. The molecule has 0 aliphatic carbocycles. The van der Waals surface area contributed by atoms with E-state index in [4.69, 9.17) is 4.74 Å². The summed E-state index contributed by atoms with van der Waals surface area (Å²) in [4.78, 5) is -0.711. The lowest BCUT2D eigenvalue weighted by atomic mass is 10.2. The van der Waals surface area contributed by atoms with Gasteiger partial charge in [-0.3, -0.25) is 8.61 Å². The Hall–Kier alpha value is -3.29. The van der Waals surface area contributed by atoms with Gasteiger partial charge in [0.25, 0.3) is 20.0 Å². The summed E-state index contributed by atoms with van der Waals surface area (Å²) in [6.45, 7) is 0. The number of anilines is 2. The molecule has 196 valence electrons. The molecule has 1 heterocycles. The molecule has 0 amide bonds.